The molecule has 2 N–H and O–H groups in total. The van der Waals surface area contributed by atoms with Gasteiger partial charge in [0.05, 0.1) is 11.9 Å². The van der Waals surface area contributed by atoms with Gasteiger partial charge in [-0.25, -0.2) is 4.98 Å². The first-order valence-electron chi connectivity index (χ1n) is 2.55. The molecule has 4 heteroatoms. The molecule has 0 saturated heterocycles. The van der Waals surface area contributed by atoms with Gasteiger partial charge in [0.2, 0.25) is 0 Å². The number of aromatic nitrogens is 2. The summed E-state index contributed by atoms with van der Waals surface area (Å²) >= 11 is 4.73. The van der Waals surface area contributed by atoms with Gasteiger partial charge in [0.15, 0.2) is 4.77 Å². The van der Waals surface area contributed by atoms with Gasteiger partial charge < -0.3 is 10.3 Å². The first-order valence-corrected chi connectivity index (χ1v) is 2.96. The fraction of sp³-hybridized carbons (Fsp3) is 0.200. The van der Waals surface area contributed by atoms with Gasteiger partial charge in [0.25, 0.3) is 0 Å². The van der Waals surface area contributed by atoms with E-state index >= 15 is 0 Å². The highest BCUT2D eigenvalue weighted by atomic mass is 32.1. The minimum Gasteiger partial charge on any atom is -0.386 e. The lowest BCUT2D eigenvalue weighted by atomic mass is 10.5. The standard InChI is InChI=1S/C5H7N3S/c1-6-4-2-7-5(9)8-3-4/h2-3,6H,1H3,(H,7,8,9). The van der Waals surface area contributed by atoms with E-state index in [1.165, 1.54) is 0 Å². The summed E-state index contributed by atoms with van der Waals surface area (Å²) in [5, 5.41) is 2.91. The van der Waals surface area contributed by atoms with Crippen LogP contribution in [-0.4, -0.2) is 17.0 Å². The molecular weight excluding hydrogens is 134 g/mol. The van der Waals surface area contributed by atoms with Crippen molar-refractivity contribution in [1.82, 2.24) is 9.97 Å². The lowest BCUT2D eigenvalue weighted by Gasteiger charge is -1.94. The van der Waals surface area contributed by atoms with Crippen LogP contribution in [0.2, 0.25) is 0 Å². The zero-order chi connectivity index (χ0) is 6.69. The van der Waals surface area contributed by atoms with Gasteiger partial charge in [-0.3, -0.25) is 0 Å². The van der Waals surface area contributed by atoms with Crippen molar-refractivity contribution >= 4 is 17.9 Å². The van der Waals surface area contributed by atoms with Gasteiger partial charge in [-0.1, -0.05) is 0 Å². The number of hydrogen-bond donors (Lipinski definition) is 2. The molecule has 0 spiro atoms. The molecule has 48 valence electrons. The molecule has 0 bridgehead atoms. The van der Waals surface area contributed by atoms with Gasteiger partial charge in [0, 0.05) is 13.2 Å². The lowest BCUT2D eigenvalue weighted by molar-refractivity contribution is 1.13. The number of hydrogen-bond acceptors (Lipinski definition) is 3. The molecule has 1 heterocycles. The van der Waals surface area contributed by atoms with Gasteiger partial charge in [-0.2, -0.15) is 0 Å². The predicted molar refractivity (Wildman–Crippen MR) is 39.0 cm³/mol. The van der Waals surface area contributed by atoms with Crippen LogP contribution in [0.5, 0.6) is 0 Å². The van der Waals surface area contributed by atoms with Crippen LogP contribution >= 0.6 is 12.2 Å². The minimum atomic E-state index is 0.508. The number of nitrogens with one attached hydrogen (secondary N) is 2. The fourth-order valence-corrected chi connectivity index (χ4v) is 0.591. The zero-order valence-electron chi connectivity index (χ0n) is 5.01. The summed E-state index contributed by atoms with van der Waals surface area (Å²) in [5.41, 5.74) is 0.934. The van der Waals surface area contributed by atoms with E-state index in [2.05, 4.69) is 15.3 Å². The highest BCUT2D eigenvalue weighted by Crippen LogP contribution is 1.97. The third-order valence-electron chi connectivity index (χ3n) is 0.961. The fourth-order valence-electron chi connectivity index (χ4n) is 0.479. The number of anilines is 1. The summed E-state index contributed by atoms with van der Waals surface area (Å²) in [6.07, 6.45) is 3.45. The topological polar surface area (TPSA) is 40.7 Å². The molecule has 0 aromatic carbocycles. The summed E-state index contributed by atoms with van der Waals surface area (Å²) in [4.78, 5) is 6.64. The molecule has 1 rings (SSSR count). The van der Waals surface area contributed by atoms with Gasteiger partial charge in [-0.05, 0) is 12.2 Å². The SMILES string of the molecule is CNc1cnc(=S)[nH]c1. The van der Waals surface area contributed by atoms with Crippen LogP contribution in [0.15, 0.2) is 12.4 Å². The van der Waals surface area contributed by atoms with Crippen LogP contribution in [0.25, 0.3) is 0 Å². The summed E-state index contributed by atoms with van der Waals surface area (Å²) in [6, 6.07) is 0. The van der Waals surface area contributed by atoms with E-state index in [0.29, 0.717) is 4.77 Å². The second-order valence-electron chi connectivity index (χ2n) is 1.56. The Balaban J connectivity index is 3.02. The van der Waals surface area contributed by atoms with Crippen LogP contribution in [0.1, 0.15) is 0 Å². The number of nitrogens with zero attached hydrogens (tertiary/aromatic N) is 1. The lowest BCUT2D eigenvalue weighted by Crippen LogP contribution is -1.89. The first kappa shape index (κ1) is 6.22. The molecule has 0 unspecified atom stereocenters. The molecule has 0 aliphatic heterocycles. The van der Waals surface area contributed by atoms with E-state index in [1.54, 1.807) is 12.4 Å². The first-order chi connectivity index (χ1) is 4.33. The predicted octanol–water partition coefficient (Wildman–Crippen LogP) is 1.18. The quantitative estimate of drug-likeness (QED) is 0.577. The van der Waals surface area contributed by atoms with Crippen molar-refractivity contribution in [3.63, 3.8) is 0 Å². The van der Waals surface area contributed by atoms with Crippen molar-refractivity contribution in [3.8, 4) is 0 Å². The summed E-state index contributed by atoms with van der Waals surface area (Å²) in [5.74, 6) is 0. The molecule has 0 aliphatic rings. The van der Waals surface area contributed by atoms with Crippen molar-refractivity contribution in [1.29, 1.82) is 0 Å². The van der Waals surface area contributed by atoms with Crippen molar-refractivity contribution in [2.75, 3.05) is 12.4 Å². The monoisotopic (exact) mass is 141 g/mol. The Kier molecular flexibility index (Phi) is 1.79. The van der Waals surface area contributed by atoms with Crippen LogP contribution in [-0.2, 0) is 0 Å². The second-order valence-corrected chi connectivity index (χ2v) is 1.94. The highest BCUT2D eigenvalue weighted by molar-refractivity contribution is 7.71. The Morgan fingerprint density at radius 2 is 2.56 bits per heavy atom. The van der Waals surface area contributed by atoms with E-state index in [4.69, 9.17) is 12.2 Å². The zero-order valence-corrected chi connectivity index (χ0v) is 5.83. The van der Waals surface area contributed by atoms with Crippen LogP contribution < -0.4 is 5.32 Å². The normalized spacial score (nSPS) is 9.00. The van der Waals surface area contributed by atoms with E-state index < -0.39 is 0 Å². The molecule has 1 aromatic rings. The van der Waals surface area contributed by atoms with Gasteiger partial charge in [0.1, 0.15) is 0 Å². The van der Waals surface area contributed by atoms with Crippen molar-refractivity contribution < 1.29 is 0 Å². The van der Waals surface area contributed by atoms with Gasteiger partial charge >= 0.3 is 0 Å². The maximum Gasteiger partial charge on any atom is 0.196 e. The summed E-state index contributed by atoms with van der Waals surface area (Å²) < 4.78 is 0.508. The Morgan fingerprint density at radius 1 is 1.78 bits per heavy atom. The number of aromatic amines is 1. The third-order valence-corrected chi connectivity index (χ3v) is 1.18. The molecule has 0 fully saturated rings. The van der Waals surface area contributed by atoms with Crippen molar-refractivity contribution in [3.05, 3.63) is 17.2 Å². The van der Waals surface area contributed by atoms with E-state index in [-0.39, 0.29) is 0 Å². The maximum atomic E-state index is 4.73. The average Bonchev–Trinajstić information content (AvgIpc) is 1.90. The van der Waals surface area contributed by atoms with E-state index in [9.17, 15) is 0 Å². The van der Waals surface area contributed by atoms with E-state index in [0.717, 1.165) is 5.69 Å². The van der Waals surface area contributed by atoms with Crippen molar-refractivity contribution in [2.24, 2.45) is 0 Å². The maximum absolute atomic E-state index is 4.73. The number of rotatable bonds is 1. The summed E-state index contributed by atoms with van der Waals surface area (Å²) in [6.45, 7) is 0. The van der Waals surface area contributed by atoms with Crippen LogP contribution in [0, 0.1) is 4.77 Å². The van der Waals surface area contributed by atoms with Gasteiger partial charge in [-0.15, -0.1) is 0 Å². The highest BCUT2D eigenvalue weighted by Gasteiger charge is 1.82. The minimum absolute atomic E-state index is 0.508. The smallest absolute Gasteiger partial charge is 0.196 e. The molecule has 0 atom stereocenters. The Labute approximate surface area is 58.1 Å². The number of H-pyrrole nitrogens is 1. The Bertz CT molecular complexity index is 222. The van der Waals surface area contributed by atoms with Crippen molar-refractivity contribution in [2.45, 2.75) is 0 Å². The van der Waals surface area contributed by atoms with E-state index in [1.807, 2.05) is 7.05 Å². The van der Waals surface area contributed by atoms with Crippen LogP contribution in [0.3, 0.4) is 0 Å². The molecule has 1 aromatic heterocycles. The summed E-state index contributed by atoms with van der Waals surface area (Å²) in [7, 11) is 1.83. The molecule has 9 heavy (non-hydrogen) atoms. The molecule has 0 saturated carbocycles. The molecule has 0 radical (unpaired) electrons. The molecule has 3 nitrogen and oxygen atoms in total. The largest absolute Gasteiger partial charge is 0.386 e. The third kappa shape index (κ3) is 1.50. The molecule has 0 aliphatic carbocycles. The van der Waals surface area contributed by atoms with Crippen LogP contribution in [0.4, 0.5) is 5.69 Å². The molecular formula is C5H7N3S. The average molecular weight is 141 g/mol. The Hall–Kier alpha value is -0.900. The molecule has 0 amide bonds. The second kappa shape index (κ2) is 2.59. The Morgan fingerprint density at radius 3 is 3.00 bits per heavy atom.